The van der Waals surface area contributed by atoms with E-state index in [0.717, 1.165) is 6.07 Å². The average Bonchev–Trinajstić information content (AvgIpc) is 2.26. The molecule has 2 nitrogen and oxygen atoms in total. The van der Waals surface area contributed by atoms with Gasteiger partial charge in [0, 0.05) is 15.7 Å². The molecule has 0 spiro atoms. The minimum atomic E-state index is -4.46. The number of nitrogens with one attached hydrogen (secondary N) is 1. The second-order valence-electron chi connectivity index (χ2n) is 3.94. The van der Waals surface area contributed by atoms with E-state index in [4.69, 9.17) is 12.2 Å². The average molecular weight is 349 g/mol. The molecule has 1 heterocycles. The number of aromatic amines is 1. The van der Waals surface area contributed by atoms with Crippen molar-refractivity contribution in [3.05, 3.63) is 44.6 Å². The van der Waals surface area contributed by atoms with E-state index in [2.05, 4.69) is 25.9 Å². The molecule has 2 rings (SSSR count). The van der Waals surface area contributed by atoms with Gasteiger partial charge in [0.2, 0.25) is 0 Å². The van der Waals surface area contributed by atoms with Gasteiger partial charge >= 0.3 is 6.18 Å². The zero-order chi connectivity index (χ0) is 14.2. The molecular formula is C12H8BrF3N2S. The molecule has 100 valence electrons. The van der Waals surface area contributed by atoms with Crippen molar-refractivity contribution in [3.63, 3.8) is 0 Å². The molecule has 0 radical (unpaired) electrons. The van der Waals surface area contributed by atoms with Crippen LogP contribution in [0.5, 0.6) is 0 Å². The van der Waals surface area contributed by atoms with Gasteiger partial charge in [-0.25, -0.2) is 4.98 Å². The van der Waals surface area contributed by atoms with Gasteiger partial charge in [0.05, 0.1) is 5.56 Å². The highest BCUT2D eigenvalue weighted by Gasteiger charge is 2.34. The number of nitrogens with zero attached hydrogens (tertiary/aromatic N) is 1. The monoisotopic (exact) mass is 348 g/mol. The van der Waals surface area contributed by atoms with Crippen molar-refractivity contribution in [2.24, 2.45) is 0 Å². The zero-order valence-electron chi connectivity index (χ0n) is 9.68. The van der Waals surface area contributed by atoms with Crippen molar-refractivity contribution in [3.8, 4) is 11.4 Å². The lowest BCUT2D eigenvalue weighted by molar-refractivity contribution is -0.137. The number of rotatable bonds is 1. The quantitative estimate of drug-likeness (QED) is 0.742. The number of hydrogen-bond acceptors (Lipinski definition) is 2. The maximum atomic E-state index is 13.0. The Morgan fingerprint density at radius 3 is 2.53 bits per heavy atom. The summed E-state index contributed by atoms with van der Waals surface area (Å²) >= 11 is 7.97. The molecule has 0 aliphatic rings. The van der Waals surface area contributed by atoms with Gasteiger partial charge in [-0.2, -0.15) is 13.2 Å². The van der Waals surface area contributed by atoms with Crippen LogP contribution < -0.4 is 0 Å². The maximum absolute atomic E-state index is 13.0. The van der Waals surface area contributed by atoms with E-state index in [9.17, 15) is 13.2 Å². The Kier molecular flexibility index (Phi) is 3.78. The van der Waals surface area contributed by atoms with E-state index in [0.29, 0.717) is 10.2 Å². The lowest BCUT2D eigenvalue weighted by Gasteiger charge is -2.13. The fourth-order valence-electron chi connectivity index (χ4n) is 1.66. The minimum Gasteiger partial charge on any atom is -0.343 e. The first-order chi connectivity index (χ1) is 8.77. The second kappa shape index (κ2) is 5.05. The summed E-state index contributed by atoms with van der Waals surface area (Å²) in [6.07, 6.45) is -4.46. The summed E-state index contributed by atoms with van der Waals surface area (Å²) in [6, 6.07) is 5.51. The van der Waals surface area contributed by atoms with Crippen LogP contribution in [0, 0.1) is 11.6 Å². The van der Waals surface area contributed by atoms with Gasteiger partial charge in [-0.05, 0) is 31.2 Å². The largest absolute Gasteiger partial charge is 0.417 e. The van der Waals surface area contributed by atoms with E-state index < -0.39 is 11.7 Å². The predicted molar refractivity (Wildman–Crippen MR) is 72.3 cm³/mol. The van der Waals surface area contributed by atoms with Gasteiger partial charge in [-0.15, -0.1) is 0 Å². The van der Waals surface area contributed by atoms with Crippen LogP contribution in [0.3, 0.4) is 0 Å². The first kappa shape index (κ1) is 14.2. The van der Waals surface area contributed by atoms with Crippen molar-refractivity contribution in [1.82, 2.24) is 9.97 Å². The highest BCUT2D eigenvalue weighted by Crippen LogP contribution is 2.37. The number of benzene rings is 1. The molecule has 0 saturated heterocycles. The van der Waals surface area contributed by atoms with E-state index in [1.807, 2.05) is 0 Å². The Morgan fingerprint density at radius 2 is 1.95 bits per heavy atom. The third-order valence-electron chi connectivity index (χ3n) is 2.42. The maximum Gasteiger partial charge on any atom is 0.417 e. The summed E-state index contributed by atoms with van der Waals surface area (Å²) in [5, 5.41) is 0. The first-order valence-electron chi connectivity index (χ1n) is 5.22. The van der Waals surface area contributed by atoms with E-state index in [-0.39, 0.29) is 16.0 Å². The number of H-pyrrole nitrogens is 1. The van der Waals surface area contributed by atoms with Crippen LogP contribution in [0.25, 0.3) is 11.4 Å². The molecule has 1 aromatic carbocycles. The SMILES string of the molecule is Cc1cc(=S)nc(-c2ccc(Br)cc2C(F)(F)F)[nH]1. The van der Waals surface area contributed by atoms with Gasteiger partial charge in [-0.1, -0.05) is 28.1 Å². The number of halogens is 4. The summed E-state index contributed by atoms with van der Waals surface area (Å²) in [5.41, 5.74) is -0.123. The Labute approximate surface area is 120 Å². The number of hydrogen-bond donors (Lipinski definition) is 1. The zero-order valence-corrected chi connectivity index (χ0v) is 12.1. The number of alkyl halides is 3. The van der Waals surface area contributed by atoms with Crippen LogP contribution in [0.2, 0.25) is 0 Å². The Morgan fingerprint density at radius 1 is 1.26 bits per heavy atom. The molecule has 2 aromatic rings. The smallest absolute Gasteiger partial charge is 0.343 e. The first-order valence-corrected chi connectivity index (χ1v) is 6.42. The normalized spacial score (nSPS) is 11.6. The molecule has 0 atom stereocenters. The molecule has 0 bridgehead atoms. The topological polar surface area (TPSA) is 28.7 Å². The Bertz CT molecular complexity index is 679. The van der Waals surface area contributed by atoms with Crippen LogP contribution >= 0.6 is 28.1 Å². The van der Waals surface area contributed by atoms with E-state index in [1.165, 1.54) is 12.1 Å². The molecule has 0 unspecified atom stereocenters. The molecule has 1 aromatic heterocycles. The van der Waals surface area contributed by atoms with Crippen molar-refractivity contribution in [2.75, 3.05) is 0 Å². The van der Waals surface area contributed by atoms with Crippen molar-refractivity contribution in [2.45, 2.75) is 13.1 Å². The lowest BCUT2D eigenvalue weighted by Crippen LogP contribution is -2.08. The summed E-state index contributed by atoms with van der Waals surface area (Å²) in [6.45, 7) is 1.72. The highest BCUT2D eigenvalue weighted by molar-refractivity contribution is 9.10. The summed E-state index contributed by atoms with van der Waals surface area (Å²) in [5.74, 6) is 0.116. The van der Waals surface area contributed by atoms with Crippen LogP contribution in [0.15, 0.2) is 28.7 Å². The fourth-order valence-corrected chi connectivity index (χ4v) is 2.29. The van der Waals surface area contributed by atoms with Crippen LogP contribution in [-0.4, -0.2) is 9.97 Å². The molecule has 19 heavy (non-hydrogen) atoms. The third kappa shape index (κ3) is 3.22. The molecule has 1 N–H and O–H groups in total. The number of aryl methyl sites for hydroxylation is 1. The van der Waals surface area contributed by atoms with Gasteiger partial charge in [0.1, 0.15) is 10.5 Å². The lowest BCUT2D eigenvalue weighted by atomic mass is 10.1. The third-order valence-corrected chi connectivity index (χ3v) is 3.12. The van der Waals surface area contributed by atoms with Gasteiger partial charge < -0.3 is 4.98 Å². The van der Waals surface area contributed by atoms with Gasteiger partial charge in [-0.3, -0.25) is 0 Å². The Balaban J connectivity index is 2.72. The van der Waals surface area contributed by atoms with E-state index >= 15 is 0 Å². The van der Waals surface area contributed by atoms with Crippen molar-refractivity contribution in [1.29, 1.82) is 0 Å². The van der Waals surface area contributed by atoms with E-state index in [1.54, 1.807) is 13.0 Å². The molecule has 0 saturated carbocycles. The van der Waals surface area contributed by atoms with Gasteiger partial charge in [0.25, 0.3) is 0 Å². The second-order valence-corrected chi connectivity index (χ2v) is 5.27. The van der Waals surface area contributed by atoms with Crippen LogP contribution in [0.4, 0.5) is 13.2 Å². The minimum absolute atomic E-state index is 0.0227. The summed E-state index contributed by atoms with van der Waals surface area (Å²) in [7, 11) is 0. The van der Waals surface area contributed by atoms with Crippen molar-refractivity contribution >= 4 is 28.1 Å². The predicted octanol–water partition coefficient (Wildman–Crippen LogP) is 4.90. The summed E-state index contributed by atoms with van der Waals surface area (Å²) in [4.78, 5) is 6.76. The standard InChI is InChI=1S/C12H8BrF3N2S/c1-6-4-10(19)18-11(17-6)8-3-2-7(13)5-9(8)12(14,15)16/h2-5H,1H3,(H,17,18,19). The van der Waals surface area contributed by atoms with Crippen LogP contribution in [-0.2, 0) is 6.18 Å². The van der Waals surface area contributed by atoms with Crippen LogP contribution in [0.1, 0.15) is 11.3 Å². The molecular weight excluding hydrogens is 341 g/mol. The van der Waals surface area contributed by atoms with Crippen molar-refractivity contribution < 1.29 is 13.2 Å². The Hall–Kier alpha value is -1.21. The molecule has 0 fully saturated rings. The molecule has 0 aliphatic carbocycles. The highest BCUT2D eigenvalue weighted by atomic mass is 79.9. The molecule has 0 amide bonds. The van der Waals surface area contributed by atoms with Gasteiger partial charge in [0.15, 0.2) is 0 Å². The number of aromatic nitrogens is 2. The molecule has 7 heteroatoms. The summed E-state index contributed by atoms with van der Waals surface area (Å²) < 4.78 is 39.7. The fraction of sp³-hybridized carbons (Fsp3) is 0.167. The molecule has 0 aliphatic heterocycles.